The number of carbonyl (C=O) groups excluding carboxylic acids is 1. The fourth-order valence-corrected chi connectivity index (χ4v) is 5.80. The van der Waals surface area contributed by atoms with E-state index in [9.17, 15) is 45.6 Å². The highest BCUT2D eigenvalue weighted by Crippen LogP contribution is 2.51. The van der Waals surface area contributed by atoms with Gasteiger partial charge in [0.2, 0.25) is 0 Å². The minimum Gasteiger partial charge on any atom is -0.508 e. The van der Waals surface area contributed by atoms with Gasteiger partial charge < -0.3 is 40.9 Å². The number of Topliss-reactive ketones (excluding diaryl/α,β-unsaturated/α-hetero) is 1. The summed E-state index contributed by atoms with van der Waals surface area (Å²) in [6.45, 7) is 1.85. The van der Waals surface area contributed by atoms with E-state index in [0.717, 1.165) is 17.7 Å². The van der Waals surface area contributed by atoms with Crippen molar-refractivity contribution < 1.29 is 45.6 Å². The average molecular weight is 583 g/mol. The zero-order valence-corrected chi connectivity index (χ0v) is 23.0. The van der Waals surface area contributed by atoms with Crippen molar-refractivity contribution in [3.8, 4) is 46.0 Å². The van der Waals surface area contributed by atoms with Gasteiger partial charge in [-0.05, 0) is 60.9 Å². The molecule has 3 atom stereocenters. The number of carbonyl (C=O) groups is 1. The summed E-state index contributed by atoms with van der Waals surface area (Å²) >= 11 is 0. The zero-order chi connectivity index (χ0) is 31.0. The van der Waals surface area contributed by atoms with Gasteiger partial charge in [-0.3, -0.25) is 4.79 Å². The highest BCUT2D eigenvalue weighted by atomic mass is 16.3. The molecule has 0 amide bonds. The van der Waals surface area contributed by atoms with Crippen LogP contribution in [0.25, 0.3) is 12.2 Å². The van der Waals surface area contributed by atoms with E-state index < -0.39 is 29.3 Å². The molecule has 220 valence electrons. The van der Waals surface area contributed by atoms with E-state index in [2.05, 4.69) is 0 Å². The molecule has 8 N–H and O–H groups in total. The standard InChI is InChI=1S/C34H30O9/c1-17-8-27(24-6-4-20(35)14-30(24)40)33(34(43)25-7-5-21(36)15-31(25)41)28(9-17)26-12-19(29(39)16-32(26)42)3-2-18-10-22(37)13-23(38)11-18/h2-7,9-16,27-28,33,35-42H,8H2,1H3/b3-2-/t27-,28-,33+/m1/s1. The molecule has 0 saturated carbocycles. The van der Waals surface area contributed by atoms with Crippen LogP contribution in [0.5, 0.6) is 46.0 Å². The van der Waals surface area contributed by atoms with Gasteiger partial charge in [0, 0.05) is 53.1 Å². The first-order valence-corrected chi connectivity index (χ1v) is 13.4. The van der Waals surface area contributed by atoms with E-state index in [1.54, 1.807) is 6.08 Å². The molecule has 0 aliphatic heterocycles. The normalized spacial score (nSPS) is 18.4. The zero-order valence-electron chi connectivity index (χ0n) is 23.0. The van der Waals surface area contributed by atoms with Gasteiger partial charge in [-0.1, -0.05) is 29.9 Å². The average Bonchev–Trinajstić information content (AvgIpc) is 2.91. The molecule has 0 spiro atoms. The molecular weight excluding hydrogens is 552 g/mol. The quantitative estimate of drug-likeness (QED) is 0.0744. The SMILES string of the molecule is CC1=C[C@H](c2cc(/C=C\c3cc(O)cc(O)c3)c(O)cc2O)[C@@H](C(=O)c2ccc(O)cc2O)[C@@H](c2ccc(O)cc2O)C1. The molecule has 0 unspecified atom stereocenters. The van der Waals surface area contributed by atoms with E-state index in [1.807, 2.05) is 13.0 Å². The number of ketones is 1. The van der Waals surface area contributed by atoms with E-state index >= 15 is 0 Å². The lowest BCUT2D eigenvalue weighted by atomic mass is 9.65. The first kappa shape index (κ1) is 28.9. The molecule has 0 bridgehead atoms. The predicted molar refractivity (Wildman–Crippen MR) is 160 cm³/mol. The minimum absolute atomic E-state index is 0.0638. The van der Waals surface area contributed by atoms with Crippen molar-refractivity contribution in [2.75, 3.05) is 0 Å². The summed E-state index contributed by atoms with van der Waals surface area (Å²) in [6, 6.07) is 14.4. The van der Waals surface area contributed by atoms with Crippen LogP contribution in [0.3, 0.4) is 0 Å². The molecule has 0 saturated heterocycles. The summed E-state index contributed by atoms with van der Waals surface area (Å²) in [5.41, 5.74) is 2.17. The maximum atomic E-state index is 14.2. The molecule has 4 aromatic carbocycles. The van der Waals surface area contributed by atoms with Crippen molar-refractivity contribution in [1.29, 1.82) is 0 Å². The molecule has 4 aromatic rings. The minimum atomic E-state index is -0.982. The van der Waals surface area contributed by atoms with Crippen molar-refractivity contribution in [3.63, 3.8) is 0 Å². The Morgan fingerprint density at radius 1 is 0.651 bits per heavy atom. The third-order valence-electron chi connectivity index (χ3n) is 7.70. The molecule has 0 heterocycles. The van der Waals surface area contributed by atoms with Crippen molar-refractivity contribution in [1.82, 2.24) is 0 Å². The lowest BCUT2D eigenvalue weighted by Gasteiger charge is -2.37. The van der Waals surface area contributed by atoms with E-state index in [1.165, 1.54) is 60.7 Å². The molecule has 43 heavy (non-hydrogen) atoms. The van der Waals surface area contributed by atoms with Crippen LogP contribution in [0.15, 0.2) is 78.4 Å². The van der Waals surface area contributed by atoms with Gasteiger partial charge in [0.25, 0.3) is 0 Å². The van der Waals surface area contributed by atoms with Crippen LogP contribution in [-0.4, -0.2) is 46.6 Å². The number of aromatic hydroxyl groups is 8. The fourth-order valence-electron chi connectivity index (χ4n) is 5.80. The van der Waals surface area contributed by atoms with Gasteiger partial charge in [-0.25, -0.2) is 0 Å². The summed E-state index contributed by atoms with van der Waals surface area (Å²) in [5.74, 6) is -4.85. The molecule has 1 aliphatic rings. The molecule has 0 fully saturated rings. The second kappa shape index (κ2) is 11.4. The Morgan fingerprint density at radius 3 is 1.93 bits per heavy atom. The van der Waals surface area contributed by atoms with Crippen LogP contribution in [0.4, 0.5) is 0 Å². The van der Waals surface area contributed by atoms with Gasteiger partial charge >= 0.3 is 0 Å². The summed E-state index contributed by atoms with van der Waals surface area (Å²) in [4.78, 5) is 14.2. The number of hydrogen-bond donors (Lipinski definition) is 8. The molecule has 0 radical (unpaired) electrons. The van der Waals surface area contributed by atoms with Crippen LogP contribution in [0, 0.1) is 5.92 Å². The van der Waals surface area contributed by atoms with Gasteiger partial charge in [0.05, 0.1) is 5.56 Å². The second-order valence-electron chi connectivity index (χ2n) is 10.8. The third-order valence-corrected chi connectivity index (χ3v) is 7.70. The lowest BCUT2D eigenvalue weighted by Crippen LogP contribution is -2.31. The second-order valence-corrected chi connectivity index (χ2v) is 10.8. The van der Waals surface area contributed by atoms with Crippen molar-refractivity contribution in [3.05, 3.63) is 106 Å². The number of benzene rings is 4. The van der Waals surface area contributed by atoms with Gasteiger partial charge in [0.1, 0.15) is 46.0 Å². The number of rotatable bonds is 6. The van der Waals surface area contributed by atoms with Crippen molar-refractivity contribution in [2.45, 2.75) is 25.2 Å². The first-order chi connectivity index (χ1) is 20.4. The molecule has 9 heteroatoms. The topological polar surface area (TPSA) is 179 Å². The molecule has 1 aliphatic carbocycles. The summed E-state index contributed by atoms with van der Waals surface area (Å²) < 4.78 is 0. The predicted octanol–water partition coefficient (Wildman–Crippen LogP) is 6.22. The van der Waals surface area contributed by atoms with Crippen LogP contribution in [0.2, 0.25) is 0 Å². The lowest BCUT2D eigenvalue weighted by molar-refractivity contribution is 0.0877. The highest BCUT2D eigenvalue weighted by molar-refractivity contribution is 6.02. The Balaban J connectivity index is 1.66. The Morgan fingerprint density at radius 2 is 1.28 bits per heavy atom. The Hall–Kier alpha value is -5.57. The van der Waals surface area contributed by atoms with Crippen LogP contribution in [0.1, 0.15) is 57.8 Å². The number of hydrogen-bond acceptors (Lipinski definition) is 9. The summed E-state index contributed by atoms with van der Waals surface area (Å²) in [5, 5.41) is 82.4. The van der Waals surface area contributed by atoms with Crippen LogP contribution in [-0.2, 0) is 0 Å². The Labute approximate surface area is 246 Å². The first-order valence-electron chi connectivity index (χ1n) is 13.4. The van der Waals surface area contributed by atoms with Crippen molar-refractivity contribution in [2.24, 2.45) is 5.92 Å². The number of phenols is 8. The van der Waals surface area contributed by atoms with Gasteiger partial charge in [-0.2, -0.15) is 0 Å². The molecule has 5 rings (SSSR count). The van der Waals surface area contributed by atoms with Crippen molar-refractivity contribution >= 4 is 17.9 Å². The van der Waals surface area contributed by atoms with E-state index in [0.29, 0.717) is 17.5 Å². The van der Waals surface area contributed by atoms with Gasteiger partial charge in [-0.15, -0.1) is 0 Å². The van der Waals surface area contributed by atoms with Gasteiger partial charge in [0.15, 0.2) is 5.78 Å². The Kier molecular flexibility index (Phi) is 7.65. The number of phenolic OH excluding ortho intramolecular Hbond substituents is 8. The third kappa shape index (κ3) is 5.92. The maximum absolute atomic E-state index is 14.2. The smallest absolute Gasteiger partial charge is 0.171 e. The van der Waals surface area contributed by atoms with E-state index in [-0.39, 0.29) is 56.9 Å². The van der Waals surface area contributed by atoms with Crippen LogP contribution >= 0.6 is 0 Å². The Bertz CT molecular complexity index is 1770. The highest BCUT2D eigenvalue weighted by Gasteiger charge is 2.42. The summed E-state index contributed by atoms with van der Waals surface area (Å²) in [6.07, 6.45) is 5.24. The van der Waals surface area contributed by atoms with Crippen LogP contribution < -0.4 is 0 Å². The van der Waals surface area contributed by atoms with E-state index in [4.69, 9.17) is 0 Å². The molecule has 9 nitrogen and oxygen atoms in total. The molecular formula is C34H30O9. The maximum Gasteiger partial charge on any atom is 0.171 e. The number of allylic oxidation sites excluding steroid dienone is 2. The monoisotopic (exact) mass is 582 g/mol. The largest absolute Gasteiger partial charge is 0.508 e. The fraction of sp³-hybridized carbons (Fsp3) is 0.147. The summed E-state index contributed by atoms with van der Waals surface area (Å²) in [7, 11) is 0. The molecule has 0 aromatic heterocycles.